The molecule has 0 bridgehead atoms. The highest BCUT2D eigenvalue weighted by Crippen LogP contribution is 2.34. The summed E-state index contributed by atoms with van der Waals surface area (Å²) in [5, 5.41) is 3.56. The summed E-state index contributed by atoms with van der Waals surface area (Å²) < 4.78 is 0. The van der Waals surface area contributed by atoms with E-state index < -0.39 is 0 Å². The molecule has 0 heterocycles. The van der Waals surface area contributed by atoms with Crippen molar-refractivity contribution >= 4 is 0 Å². The van der Waals surface area contributed by atoms with Gasteiger partial charge in [-0.25, -0.2) is 0 Å². The minimum atomic E-state index is 0.722. The second-order valence-corrected chi connectivity index (χ2v) is 6.01. The molecule has 1 N–H and O–H groups in total. The lowest BCUT2D eigenvalue weighted by Gasteiger charge is -2.42. The van der Waals surface area contributed by atoms with Crippen molar-refractivity contribution in [1.82, 2.24) is 10.2 Å². The summed E-state index contributed by atoms with van der Waals surface area (Å²) in [7, 11) is 2.14. The lowest BCUT2D eigenvalue weighted by molar-refractivity contribution is 0.107. The maximum absolute atomic E-state index is 3.56. The minimum absolute atomic E-state index is 0.722. The zero-order chi connectivity index (χ0) is 12.8. The second kappa shape index (κ2) is 7.38. The van der Waals surface area contributed by atoms with E-state index in [1.54, 1.807) is 0 Å². The molecular formula is C15H32N2. The van der Waals surface area contributed by atoms with Gasteiger partial charge in [0.2, 0.25) is 0 Å². The maximum atomic E-state index is 3.56. The van der Waals surface area contributed by atoms with Crippen LogP contribution in [0, 0.1) is 17.8 Å². The molecule has 0 amide bonds. The van der Waals surface area contributed by atoms with Crippen molar-refractivity contribution in [3.8, 4) is 0 Å². The molecule has 17 heavy (non-hydrogen) atoms. The third kappa shape index (κ3) is 4.26. The van der Waals surface area contributed by atoms with E-state index in [1.165, 1.54) is 38.9 Å². The van der Waals surface area contributed by atoms with Gasteiger partial charge in [-0.3, -0.25) is 0 Å². The van der Waals surface area contributed by atoms with Crippen LogP contribution in [0.5, 0.6) is 0 Å². The topological polar surface area (TPSA) is 15.3 Å². The Morgan fingerprint density at radius 1 is 1.18 bits per heavy atom. The number of nitrogens with one attached hydrogen (secondary N) is 1. The Balaban J connectivity index is 2.58. The summed E-state index contributed by atoms with van der Waals surface area (Å²) in [5.41, 5.74) is 0. The average Bonchev–Trinajstić information content (AvgIpc) is 2.30. The Kier molecular flexibility index (Phi) is 6.50. The van der Waals surface area contributed by atoms with Crippen molar-refractivity contribution in [3.05, 3.63) is 0 Å². The molecule has 2 nitrogen and oxygen atoms in total. The molecule has 0 spiro atoms. The molecule has 1 aliphatic carbocycles. The molecule has 102 valence electrons. The van der Waals surface area contributed by atoms with Gasteiger partial charge in [0.25, 0.3) is 0 Å². The zero-order valence-electron chi connectivity index (χ0n) is 12.5. The first kappa shape index (κ1) is 15.0. The van der Waals surface area contributed by atoms with Gasteiger partial charge in [0.05, 0.1) is 0 Å². The lowest BCUT2D eigenvalue weighted by atomic mass is 9.72. The van der Waals surface area contributed by atoms with Crippen LogP contribution in [0.1, 0.15) is 47.0 Å². The second-order valence-electron chi connectivity index (χ2n) is 6.01. The quantitative estimate of drug-likeness (QED) is 0.768. The molecule has 0 aliphatic heterocycles. The standard InChI is InChI=1S/C15H32N2/c1-6-8-17(7-2)11-14-13(4)9-12(3)10-15(14)16-5/h12-16H,6-11H2,1-5H3. The van der Waals surface area contributed by atoms with Crippen molar-refractivity contribution in [2.45, 2.75) is 53.0 Å². The van der Waals surface area contributed by atoms with Crippen molar-refractivity contribution in [3.63, 3.8) is 0 Å². The average molecular weight is 240 g/mol. The van der Waals surface area contributed by atoms with Gasteiger partial charge in [0, 0.05) is 12.6 Å². The van der Waals surface area contributed by atoms with Crippen molar-refractivity contribution in [2.24, 2.45) is 17.8 Å². The molecule has 1 aliphatic rings. The molecule has 0 aromatic carbocycles. The summed E-state index contributed by atoms with van der Waals surface area (Å²) in [6.07, 6.45) is 4.04. The van der Waals surface area contributed by atoms with Crippen LogP contribution < -0.4 is 5.32 Å². The van der Waals surface area contributed by atoms with Crippen LogP contribution in [0.2, 0.25) is 0 Å². The molecule has 2 heteroatoms. The maximum Gasteiger partial charge on any atom is 0.0110 e. The molecule has 1 fully saturated rings. The van der Waals surface area contributed by atoms with Crippen LogP contribution in [0.25, 0.3) is 0 Å². The minimum Gasteiger partial charge on any atom is -0.317 e. The van der Waals surface area contributed by atoms with Crippen molar-refractivity contribution in [1.29, 1.82) is 0 Å². The molecule has 0 radical (unpaired) electrons. The van der Waals surface area contributed by atoms with Crippen LogP contribution in [-0.4, -0.2) is 37.6 Å². The van der Waals surface area contributed by atoms with Gasteiger partial charge in [-0.1, -0.05) is 27.7 Å². The number of rotatable bonds is 6. The molecule has 0 saturated heterocycles. The summed E-state index contributed by atoms with van der Waals surface area (Å²) >= 11 is 0. The van der Waals surface area contributed by atoms with Crippen molar-refractivity contribution in [2.75, 3.05) is 26.7 Å². The summed E-state index contributed by atoms with van der Waals surface area (Å²) in [5.74, 6) is 2.59. The third-order valence-electron chi connectivity index (χ3n) is 4.51. The fourth-order valence-corrected chi connectivity index (χ4v) is 3.54. The normalized spacial score (nSPS) is 34.2. The van der Waals surface area contributed by atoms with E-state index in [0.717, 1.165) is 23.8 Å². The predicted octanol–water partition coefficient (Wildman–Crippen LogP) is 2.99. The first-order chi connectivity index (χ1) is 8.12. The molecular weight excluding hydrogens is 208 g/mol. The molecule has 1 saturated carbocycles. The summed E-state index contributed by atoms with van der Waals surface area (Å²) in [4.78, 5) is 2.63. The van der Waals surface area contributed by atoms with Gasteiger partial charge in [-0.15, -0.1) is 0 Å². The van der Waals surface area contributed by atoms with Gasteiger partial charge in [0.1, 0.15) is 0 Å². The van der Waals surface area contributed by atoms with Crippen LogP contribution in [0.4, 0.5) is 0 Å². The Morgan fingerprint density at radius 2 is 1.88 bits per heavy atom. The number of hydrogen-bond donors (Lipinski definition) is 1. The predicted molar refractivity (Wildman–Crippen MR) is 76.3 cm³/mol. The van der Waals surface area contributed by atoms with Gasteiger partial charge in [-0.2, -0.15) is 0 Å². The van der Waals surface area contributed by atoms with E-state index in [2.05, 4.69) is 45.0 Å². The van der Waals surface area contributed by atoms with Crippen molar-refractivity contribution < 1.29 is 0 Å². The highest BCUT2D eigenvalue weighted by Gasteiger charge is 2.33. The van der Waals surface area contributed by atoms with E-state index in [9.17, 15) is 0 Å². The first-order valence-electron chi connectivity index (χ1n) is 7.51. The SMILES string of the molecule is CCCN(CC)CC1C(C)CC(C)CC1NC. The summed E-state index contributed by atoms with van der Waals surface area (Å²) in [6.45, 7) is 13.2. The van der Waals surface area contributed by atoms with E-state index >= 15 is 0 Å². The van der Waals surface area contributed by atoms with Gasteiger partial charge in [-0.05, 0) is 57.2 Å². The third-order valence-corrected chi connectivity index (χ3v) is 4.51. The Morgan fingerprint density at radius 3 is 2.41 bits per heavy atom. The summed E-state index contributed by atoms with van der Waals surface area (Å²) in [6, 6.07) is 0.722. The van der Waals surface area contributed by atoms with Gasteiger partial charge >= 0.3 is 0 Å². The number of nitrogens with zero attached hydrogens (tertiary/aromatic N) is 1. The molecule has 0 aromatic rings. The molecule has 1 rings (SSSR count). The zero-order valence-corrected chi connectivity index (χ0v) is 12.5. The highest BCUT2D eigenvalue weighted by molar-refractivity contribution is 4.88. The van der Waals surface area contributed by atoms with E-state index in [-0.39, 0.29) is 0 Å². The molecule has 0 aromatic heterocycles. The lowest BCUT2D eigenvalue weighted by Crippen LogP contribution is -2.48. The molecule has 4 atom stereocenters. The van der Waals surface area contributed by atoms with E-state index in [4.69, 9.17) is 0 Å². The Labute approximate surface area is 108 Å². The van der Waals surface area contributed by atoms with Gasteiger partial charge in [0.15, 0.2) is 0 Å². The smallest absolute Gasteiger partial charge is 0.0110 e. The first-order valence-corrected chi connectivity index (χ1v) is 7.51. The van der Waals surface area contributed by atoms with Crippen LogP contribution in [-0.2, 0) is 0 Å². The fraction of sp³-hybridized carbons (Fsp3) is 1.00. The van der Waals surface area contributed by atoms with Gasteiger partial charge < -0.3 is 10.2 Å². The fourth-order valence-electron chi connectivity index (χ4n) is 3.54. The van der Waals surface area contributed by atoms with E-state index in [0.29, 0.717) is 0 Å². The monoisotopic (exact) mass is 240 g/mol. The number of hydrogen-bond acceptors (Lipinski definition) is 2. The molecule has 4 unspecified atom stereocenters. The van der Waals surface area contributed by atoms with Crippen LogP contribution in [0.15, 0.2) is 0 Å². The highest BCUT2D eigenvalue weighted by atomic mass is 15.1. The Hall–Kier alpha value is -0.0800. The van der Waals surface area contributed by atoms with E-state index in [1.807, 2.05) is 0 Å². The largest absolute Gasteiger partial charge is 0.317 e. The van der Waals surface area contributed by atoms with Crippen LogP contribution in [0.3, 0.4) is 0 Å². The van der Waals surface area contributed by atoms with Crippen LogP contribution >= 0.6 is 0 Å². The Bertz CT molecular complexity index is 205.